The molecule has 1 aliphatic carbocycles. The van der Waals surface area contributed by atoms with Crippen molar-refractivity contribution in [2.75, 3.05) is 4.90 Å². The minimum absolute atomic E-state index is 0.132. The van der Waals surface area contributed by atoms with Crippen LogP contribution in [0.25, 0.3) is 87.3 Å². The van der Waals surface area contributed by atoms with Gasteiger partial charge >= 0.3 is 0 Å². The molecule has 1 heterocycles. The Bertz CT molecular complexity index is 3420. The van der Waals surface area contributed by atoms with Gasteiger partial charge in [-0.1, -0.05) is 159 Å². The van der Waals surface area contributed by atoms with Crippen molar-refractivity contribution >= 4 is 82.1 Å². The Morgan fingerprint density at radius 3 is 1.81 bits per heavy atom. The van der Waals surface area contributed by atoms with Crippen molar-refractivity contribution in [2.24, 2.45) is 0 Å². The highest BCUT2D eigenvalue weighted by Gasteiger charge is 2.36. The van der Waals surface area contributed by atoms with Gasteiger partial charge < -0.3 is 9.32 Å². The zero-order valence-corrected chi connectivity index (χ0v) is 31.8. The third-order valence-corrected chi connectivity index (χ3v) is 12.6. The molecule has 0 radical (unpaired) electrons. The summed E-state index contributed by atoms with van der Waals surface area (Å²) < 4.78 is 6.42. The molecule has 11 aromatic rings. The van der Waals surface area contributed by atoms with Gasteiger partial charge in [-0.05, 0) is 103 Å². The number of hydrogen-bond acceptors (Lipinski definition) is 2. The summed E-state index contributed by atoms with van der Waals surface area (Å²) in [6, 6.07) is 69.0. The predicted octanol–water partition coefficient (Wildman–Crippen LogP) is 15.6. The van der Waals surface area contributed by atoms with Crippen molar-refractivity contribution in [1.82, 2.24) is 0 Å². The molecule has 0 N–H and O–H groups in total. The van der Waals surface area contributed by atoms with Crippen LogP contribution in [-0.2, 0) is 5.41 Å². The lowest BCUT2D eigenvalue weighted by Gasteiger charge is -2.31. The minimum Gasteiger partial charge on any atom is -0.456 e. The average molecular weight is 728 g/mol. The smallest absolute Gasteiger partial charge is 0.136 e. The van der Waals surface area contributed by atoms with Gasteiger partial charge in [-0.2, -0.15) is 0 Å². The second-order valence-corrected chi connectivity index (χ2v) is 16.0. The summed E-state index contributed by atoms with van der Waals surface area (Å²) in [6.45, 7) is 4.73. The molecule has 0 fully saturated rings. The number of furan rings is 1. The largest absolute Gasteiger partial charge is 0.456 e. The lowest BCUT2D eigenvalue weighted by molar-refractivity contribution is 0.660. The van der Waals surface area contributed by atoms with Crippen molar-refractivity contribution in [2.45, 2.75) is 19.3 Å². The first-order valence-electron chi connectivity index (χ1n) is 19.9. The monoisotopic (exact) mass is 727 g/mol. The number of benzene rings is 10. The van der Waals surface area contributed by atoms with Gasteiger partial charge in [0.25, 0.3) is 0 Å². The fourth-order valence-corrected chi connectivity index (χ4v) is 10.1. The van der Waals surface area contributed by atoms with Gasteiger partial charge in [0, 0.05) is 38.2 Å². The van der Waals surface area contributed by atoms with Crippen LogP contribution in [0.4, 0.5) is 17.1 Å². The number of anilines is 3. The average Bonchev–Trinajstić information content (AvgIpc) is 3.75. The summed E-state index contributed by atoms with van der Waals surface area (Å²) in [5, 5.41) is 12.2. The number of fused-ring (bicyclic) bond motifs is 14. The molecule has 0 bridgehead atoms. The van der Waals surface area contributed by atoms with Crippen molar-refractivity contribution < 1.29 is 4.42 Å². The van der Waals surface area contributed by atoms with Crippen LogP contribution in [0.5, 0.6) is 0 Å². The van der Waals surface area contributed by atoms with Gasteiger partial charge in [-0.25, -0.2) is 0 Å². The van der Waals surface area contributed by atoms with E-state index in [-0.39, 0.29) is 5.41 Å². The third-order valence-electron chi connectivity index (χ3n) is 12.6. The molecule has 268 valence electrons. The highest BCUT2D eigenvalue weighted by Crippen LogP contribution is 2.53. The van der Waals surface area contributed by atoms with Crippen molar-refractivity contribution in [1.29, 1.82) is 0 Å². The van der Waals surface area contributed by atoms with Gasteiger partial charge in [0.1, 0.15) is 11.2 Å². The first-order chi connectivity index (χ1) is 28.1. The number of rotatable bonds is 4. The minimum atomic E-state index is -0.132. The molecular formula is C55H37NO. The molecule has 12 rings (SSSR count). The van der Waals surface area contributed by atoms with E-state index in [2.05, 4.69) is 201 Å². The second-order valence-electron chi connectivity index (χ2n) is 16.0. The van der Waals surface area contributed by atoms with E-state index in [1.165, 1.54) is 81.9 Å². The zero-order valence-electron chi connectivity index (χ0n) is 31.8. The van der Waals surface area contributed by atoms with Crippen LogP contribution < -0.4 is 4.90 Å². The molecule has 1 aromatic heterocycles. The van der Waals surface area contributed by atoms with Crippen molar-refractivity contribution in [3.63, 3.8) is 0 Å². The molecule has 10 aromatic carbocycles. The molecule has 2 heteroatoms. The van der Waals surface area contributed by atoms with Crippen LogP contribution in [0.15, 0.2) is 192 Å². The zero-order chi connectivity index (χ0) is 37.8. The highest BCUT2D eigenvalue weighted by atomic mass is 16.3. The van der Waals surface area contributed by atoms with E-state index in [0.29, 0.717) is 0 Å². The van der Waals surface area contributed by atoms with Crippen LogP contribution in [0.1, 0.15) is 25.0 Å². The normalized spacial score (nSPS) is 13.2. The summed E-state index contributed by atoms with van der Waals surface area (Å²) in [7, 11) is 0. The molecule has 0 unspecified atom stereocenters. The second kappa shape index (κ2) is 11.9. The van der Waals surface area contributed by atoms with Gasteiger partial charge in [-0.15, -0.1) is 0 Å². The van der Waals surface area contributed by atoms with E-state index in [4.69, 9.17) is 4.42 Å². The molecular weight excluding hydrogens is 691 g/mol. The topological polar surface area (TPSA) is 16.4 Å². The summed E-state index contributed by atoms with van der Waals surface area (Å²) >= 11 is 0. The molecule has 0 amide bonds. The van der Waals surface area contributed by atoms with E-state index in [1.807, 2.05) is 6.07 Å². The van der Waals surface area contributed by atoms with E-state index in [9.17, 15) is 0 Å². The fraction of sp³-hybridized carbons (Fsp3) is 0.0545. The third kappa shape index (κ3) is 4.53. The molecule has 2 nitrogen and oxygen atoms in total. The summed E-state index contributed by atoms with van der Waals surface area (Å²) in [4.78, 5) is 2.50. The van der Waals surface area contributed by atoms with Gasteiger partial charge in [0.15, 0.2) is 0 Å². The summed E-state index contributed by atoms with van der Waals surface area (Å²) in [5.74, 6) is 0. The van der Waals surface area contributed by atoms with Crippen LogP contribution in [0.3, 0.4) is 0 Å². The van der Waals surface area contributed by atoms with E-state index < -0.39 is 0 Å². The van der Waals surface area contributed by atoms with Gasteiger partial charge in [-0.3, -0.25) is 0 Å². The van der Waals surface area contributed by atoms with E-state index in [0.717, 1.165) is 33.6 Å². The lowest BCUT2D eigenvalue weighted by atomic mass is 9.82. The van der Waals surface area contributed by atoms with E-state index in [1.54, 1.807) is 0 Å². The highest BCUT2D eigenvalue weighted by molar-refractivity contribution is 6.36. The number of hydrogen-bond donors (Lipinski definition) is 0. The van der Waals surface area contributed by atoms with Crippen LogP contribution in [0.2, 0.25) is 0 Å². The number of nitrogens with zero attached hydrogens (tertiary/aromatic N) is 1. The summed E-state index contributed by atoms with van der Waals surface area (Å²) in [6.07, 6.45) is 0. The molecule has 0 spiro atoms. The Morgan fingerprint density at radius 1 is 0.368 bits per heavy atom. The Morgan fingerprint density at radius 2 is 0.947 bits per heavy atom. The molecule has 57 heavy (non-hydrogen) atoms. The molecule has 0 saturated heterocycles. The summed E-state index contributed by atoms with van der Waals surface area (Å²) in [5.41, 5.74) is 12.9. The fourth-order valence-electron chi connectivity index (χ4n) is 10.1. The van der Waals surface area contributed by atoms with Crippen molar-refractivity contribution in [3.8, 4) is 22.3 Å². The quantitative estimate of drug-likeness (QED) is 0.168. The standard InChI is InChI=1S/C55H37NO/c1-55(2)46-25-10-7-18-37(46)38-30-29-35(33-47(38)55)56(48-27-13-16-34-15-3-4-17-36(34)48)49-26-11-8-19-39(49)40-23-14-24-42-44-31-32-51-54(45-22-9-12-28-50(45)57-51)53(44)43-21-6-5-20-41(43)52(40)42/h3-33H,1-2H3. The lowest BCUT2D eigenvalue weighted by Crippen LogP contribution is -2.17. The first kappa shape index (κ1) is 32.1. The first-order valence-corrected chi connectivity index (χ1v) is 19.9. The van der Waals surface area contributed by atoms with Crippen LogP contribution in [-0.4, -0.2) is 0 Å². The maximum Gasteiger partial charge on any atom is 0.136 e. The predicted molar refractivity (Wildman–Crippen MR) is 241 cm³/mol. The molecule has 1 aliphatic rings. The van der Waals surface area contributed by atoms with Gasteiger partial charge in [0.2, 0.25) is 0 Å². The Hall–Kier alpha value is -7.16. The van der Waals surface area contributed by atoms with E-state index >= 15 is 0 Å². The maximum atomic E-state index is 6.42. The number of para-hydroxylation sites is 2. The van der Waals surface area contributed by atoms with Crippen LogP contribution in [0, 0.1) is 0 Å². The SMILES string of the molecule is CC1(C)c2ccccc2-c2ccc(N(c3ccccc3-c3cccc4c5ccc6oc7ccccc7c6c5c5ccccc5c34)c3cccc4ccccc34)cc21. The Balaban J connectivity index is 1.16. The molecule has 0 aliphatic heterocycles. The molecule has 0 saturated carbocycles. The Labute approximate surface area is 330 Å². The van der Waals surface area contributed by atoms with Gasteiger partial charge in [0.05, 0.1) is 11.4 Å². The Kier molecular flexibility index (Phi) is 6.72. The van der Waals surface area contributed by atoms with Crippen LogP contribution >= 0.6 is 0 Å². The maximum absolute atomic E-state index is 6.42. The molecule has 0 atom stereocenters. The van der Waals surface area contributed by atoms with Crippen molar-refractivity contribution in [3.05, 3.63) is 199 Å².